The first-order valence-electron chi connectivity index (χ1n) is 7.94. The normalized spacial score (nSPS) is 35.6. The van der Waals surface area contributed by atoms with Gasteiger partial charge in [0.15, 0.2) is 0 Å². The van der Waals surface area contributed by atoms with E-state index in [-0.39, 0.29) is 5.60 Å². The number of rotatable bonds is 3. The van der Waals surface area contributed by atoms with Crippen LogP contribution in [0.2, 0.25) is 0 Å². The molecule has 0 radical (unpaired) electrons. The summed E-state index contributed by atoms with van der Waals surface area (Å²) >= 11 is 0. The van der Waals surface area contributed by atoms with E-state index in [2.05, 4.69) is 35.4 Å². The maximum absolute atomic E-state index is 6.30. The summed E-state index contributed by atoms with van der Waals surface area (Å²) < 4.78 is 6.28. The molecule has 1 aromatic carbocycles. The number of hydrogen-bond acceptors (Lipinski definition) is 3. The average Bonchev–Trinajstić information content (AvgIpc) is 3.35. The molecule has 2 saturated carbocycles. The molecule has 2 aliphatic carbocycles. The first kappa shape index (κ1) is 11.7. The van der Waals surface area contributed by atoms with Crippen LogP contribution in [0.4, 0.5) is 0 Å². The van der Waals surface area contributed by atoms with E-state index < -0.39 is 0 Å². The topological polar surface area (TPSA) is 21.7 Å². The summed E-state index contributed by atoms with van der Waals surface area (Å²) in [5, 5.41) is 2.27. The van der Waals surface area contributed by atoms with Gasteiger partial charge in [0.05, 0.1) is 24.4 Å². The molecular formula is C17H21NO2. The van der Waals surface area contributed by atoms with E-state index in [9.17, 15) is 0 Å². The van der Waals surface area contributed by atoms with E-state index in [0.29, 0.717) is 17.6 Å². The molecule has 3 heteroatoms. The maximum atomic E-state index is 6.30. The zero-order chi connectivity index (χ0) is 13.2. The Morgan fingerprint density at radius 3 is 2.65 bits per heavy atom. The molecule has 0 aromatic heterocycles. The second-order valence-corrected chi connectivity index (χ2v) is 6.95. The Bertz CT molecular complexity index is 521. The van der Waals surface area contributed by atoms with Crippen molar-refractivity contribution in [1.82, 2.24) is 5.06 Å². The van der Waals surface area contributed by atoms with Crippen molar-refractivity contribution in [1.29, 1.82) is 0 Å². The van der Waals surface area contributed by atoms with Crippen LogP contribution in [0.1, 0.15) is 37.7 Å². The minimum atomic E-state index is 0.229. The van der Waals surface area contributed by atoms with E-state index in [4.69, 9.17) is 9.57 Å². The zero-order valence-corrected chi connectivity index (χ0v) is 11.8. The molecule has 0 bridgehead atoms. The lowest BCUT2D eigenvalue weighted by Crippen LogP contribution is -2.38. The number of benzene rings is 1. The summed E-state index contributed by atoms with van der Waals surface area (Å²) in [6, 6.07) is 11.0. The molecule has 4 aliphatic rings. The minimum absolute atomic E-state index is 0.229. The third-order valence-electron chi connectivity index (χ3n) is 5.86. The SMILES string of the molecule is c1ccc(CO[C@H]2CCN3OC4(CC4)C4(CC4)[C@H]23)cc1. The summed E-state index contributed by atoms with van der Waals surface area (Å²) in [7, 11) is 0. The molecule has 20 heavy (non-hydrogen) atoms. The summed E-state index contributed by atoms with van der Waals surface area (Å²) in [5.41, 5.74) is 1.95. The van der Waals surface area contributed by atoms with Crippen LogP contribution >= 0.6 is 0 Å². The van der Waals surface area contributed by atoms with Gasteiger partial charge in [-0.25, -0.2) is 0 Å². The van der Waals surface area contributed by atoms with Crippen LogP contribution in [0.3, 0.4) is 0 Å². The molecule has 3 nitrogen and oxygen atoms in total. The van der Waals surface area contributed by atoms with E-state index in [1.807, 2.05) is 0 Å². The summed E-state index contributed by atoms with van der Waals surface area (Å²) in [4.78, 5) is 6.30. The molecule has 0 amide bonds. The van der Waals surface area contributed by atoms with Gasteiger partial charge in [-0.05, 0) is 37.7 Å². The van der Waals surface area contributed by atoms with Crippen molar-refractivity contribution in [2.75, 3.05) is 6.54 Å². The van der Waals surface area contributed by atoms with Crippen molar-refractivity contribution in [3.8, 4) is 0 Å². The van der Waals surface area contributed by atoms with Gasteiger partial charge in [0.2, 0.25) is 0 Å². The van der Waals surface area contributed by atoms with Crippen molar-refractivity contribution in [3.05, 3.63) is 35.9 Å². The lowest BCUT2D eigenvalue weighted by Gasteiger charge is -2.25. The highest BCUT2D eigenvalue weighted by atomic mass is 16.7. The molecule has 1 aromatic rings. The predicted octanol–water partition coefficient (Wildman–Crippen LogP) is 2.90. The molecule has 2 aliphatic heterocycles. The standard InChI is InChI=1S/C17H21NO2/c1-2-4-13(5-3-1)12-19-14-6-11-18-15(14)16(7-8-16)17(20-18)9-10-17/h1-5,14-15H,6-12H2/t14-,15-/m0/s1. The molecule has 0 unspecified atom stereocenters. The molecule has 2 atom stereocenters. The van der Waals surface area contributed by atoms with E-state index in [1.165, 1.54) is 31.2 Å². The van der Waals surface area contributed by atoms with Crippen molar-refractivity contribution in [2.45, 2.75) is 56.5 Å². The molecule has 2 saturated heterocycles. The van der Waals surface area contributed by atoms with Crippen LogP contribution in [0, 0.1) is 5.41 Å². The van der Waals surface area contributed by atoms with Gasteiger partial charge in [-0.1, -0.05) is 30.3 Å². The van der Waals surface area contributed by atoms with Crippen molar-refractivity contribution < 1.29 is 9.57 Å². The highest BCUT2D eigenvalue weighted by Gasteiger charge is 2.78. The molecule has 2 spiro atoms. The van der Waals surface area contributed by atoms with Gasteiger partial charge in [-0.15, -0.1) is 0 Å². The maximum Gasteiger partial charge on any atom is 0.0974 e. The number of ether oxygens (including phenoxy) is 1. The molecule has 106 valence electrons. The largest absolute Gasteiger partial charge is 0.372 e. The van der Waals surface area contributed by atoms with Crippen LogP contribution < -0.4 is 0 Å². The van der Waals surface area contributed by atoms with Gasteiger partial charge in [0.25, 0.3) is 0 Å². The van der Waals surface area contributed by atoms with E-state index >= 15 is 0 Å². The quantitative estimate of drug-likeness (QED) is 0.843. The van der Waals surface area contributed by atoms with Gasteiger partial charge in [-0.2, -0.15) is 5.06 Å². The number of hydroxylamine groups is 2. The highest BCUT2D eigenvalue weighted by Crippen LogP contribution is 2.74. The van der Waals surface area contributed by atoms with E-state index in [1.54, 1.807) is 0 Å². The van der Waals surface area contributed by atoms with Crippen molar-refractivity contribution >= 4 is 0 Å². The van der Waals surface area contributed by atoms with E-state index in [0.717, 1.165) is 19.6 Å². The fraction of sp³-hybridized carbons (Fsp3) is 0.647. The molecular weight excluding hydrogens is 250 g/mol. The smallest absolute Gasteiger partial charge is 0.0974 e. The Labute approximate surface area is 119 Å². The monoisotopic (exact) mass is 271 g/mol. The Morgan fingerprint density at radius 1 is 1.15 bits per heavy atom. The van der Waals surface area contributed by atoms with Gasteiger partial charge in [0.1, 0.15) is 0 Å². The van der Waals surface area contributed by atoms with Gasteiger partial charge in [0, 0.05) is 12.0 Å². The summed E-state index contributed by atoms with van der Waals surface area (Å²) in [6.07, 6.45) is 6.71. The Kier molecular flexibility index (Phi) is 2.25. The van der Waals surface area contributed by atoms with Crippen LogP contribution in [-0.4, -0.2) is 29.4 Å². The average molecular weight is 271 g/mol. The Morgan fingerprint density at radius 2 is 1.95 bits per heavy atom. The van der Waals surface area contributed by atoms with Crippen molar-refractivity contribution in [3.63, 3.8) is 0 Å². The summed E-state index contributed by atoms with van der Waals surface area (Å²) in [6.45, 7) is 1.78. The zero-order valence-electron chi connectivity index (χ0n) is 11.8. The Hall–Kier alpha value is -0.900. The fourth-order valence-electron chi connectivity index (χ4n) is 4.60. The number of nitrogens with zero attached hydrogens (tertiary/aromatic N) is 1. The predicted molar refractivity (Wildman–Crippen MR) is 74.8 cm³/mol. The first-order chi connectivity index (χ1) is 9.83. The second-order valence-electron chi connectivity index (χ2n) is 6.95. The lowest BCUT2D eigenvalue weighted by molar-refractivity contribution is -0.164. The van der Waals surface area contributed by atoms with Crippen LogP contribution in [0.5, 0.6) is 0 Å². The van der Waals surface area contributed by atoms with Gasteiger partial charge in [-0.3, -0.25) is 4.84 Å². The van der Waals surface area contributed by atoms with Crippen molar-refractivity contribution in [2.24, 2.45) is 5.41 Å². The van der Waals surface area contributed by atoms with Crippen LogP contribution in [-0.2, 0) is 16.2 Å². The third-order valence-corrected chi connectivity index (χ3v) is 5.86. The lowest BCUT2D eigenvalue weighted by atomic mass is 9.86. The summed E-state index contributed by atoms with van der Waals surface area (Å²) in [5.74, 6) is 0. The molecule has 0 N–H and O–H groups in total. The first-order valence-corrected chi connectivity index (χ1v) is 7.94. The fourth-order valence-corrected chi connectivity index (χ4v) is 4.60. The molecule has 5 rings (SSSR count). The highest BCUT2D eigenvalue weighted by molar-refractivity contribution is 5.26. The second kappa shape index (κ2) is 3.85. The molecule has 4 fully saturated rings. The van der Waals surface area contributed by atoms with Gasteiger partial charge >= 0.3 is 0 Å². The molecule has 2 heterocycles. The van der Waals surface area contributed by atoms with Gasteiger partial charge < -0.3 is 4.74 Å². The number of hydrogen-bond donors (Lipinski definition) is 0. The van der Waals surface area contributed by atoms with Crippen LogP contribution in [0.25, 0.3) is 0 Å². The number of fused-ring (bicyclic) bond motifs is 3. The third kappa shape index (κ3) is 1.46. The minimum Gasteiger partial charge on any atom is -0.372 e. The van der Waals surface area contributed by atoms with Crippen LogP contribution in [0.15, 0.2) is 30.3 Å². The Balaban J connectivity index is 1.33.